The van der Waals surface area contributed by atoms with E-state index in [-0.39, 0.29) is 18.1 Å². The maximum Gasteiger partial charge on any atom is 0.318 e. The van der Waals surface area contributed by atoms with Crippen LogP contribution in [0.3, 0.4) is 0 Å². The molecule has 0 aromatic heterocycles. The fourth-order valence-corrected chi connectivity index (χ4v) is 2.63. The van der Waals surface area contributed by atoms with Crippen molar-refractivity contribution >= 4 is 6.03 Å². The summed E-state index contributed by atoms with van der Waals surface area (Å²) in [6, 6.07) is 0.113. The fourth-order valence-electron chi connectivity index (χ4n) is 2.63. The third-order valence-electron chi connectivity index (χ3n) is 3.92. The minimum atomic E-state index is -0.422. The van der Waals surface area contributed by atoms with Crippen molar-refractivity contribution in [1.82, 2.24) is 10.2 Å². The molecule has 1 aliphatic rings. The van der Waals surface area contributed by atoms with Crippen molar-refractivity contribution in [2.45, 2.75) is 65.1 Å². The van der Waals surface area contributed by atoms with Gasteiger partial charge in [-0.2, -0.15) is 0 Å². The van der Waals surface area contributed by atoms with Crippen LogP contribution in [-0.4, -0.2) is 54.0 Å². The molecule has 0 spiro atoms. The SMILES string of the molecule is CC[C@H](C)C[C@H](C)NC(=O)N1CCOC[C@H]1C[C@H](C)O. The number of morpholine rings is 1. The zero-order valence-corrected chi connectivity index (χ0v) is 13.3. The zero-order valence-electron chi connectivity index (χ0n) is 13.3. The van der Waals surface area contributed by atoms with Crippen molar-refractivity contribution in [2.24, 2.45) is 5.92 Å². The highest BCUT2D eigenvalue weighted by Crippen LogP contribution is 2.14. The quantitative estimate of drug-likeness (QED) is 0.785. The van der Waals surface area contributed by atoms with E-state index in [9.17, 15) is 9.90 Å². The Kier molecular flexibility index (Phi) is 7.30. The Balaban J connectivity index is 2.50. The summed E-state index contributed by atoms with van der Waals surface area (Å²) in [5, 5.41) is 12.6. The first kappa shape index (κ1) is 17.2. The average molecular weight is 286 g/mol. The van der Waals surface area contributed by atoms with E-state index in [0.717, 1.165) is 12.8 Å². The predicted octanol–water partition coefficient (Wildman–Crippen LogP) is 1.99. The molecule has 1 aliphatic heterocycles. The Bertz CT molecular complexity index is 297. The van der Waals surface area contributed by atoms with Crippen LogP contribution in [0.5, 0.6) is 0 Å². The second kappa shape index (κ2) is 8.47. The molecule has 0 bridgehead atoms. The summed E-state index contributed by atoms with van der Waals surface area (Å²) in [6.45, 7) is 9.85. The Morgan fingerprint density at radius 1 is 1.45 bits per heavy atom. The van der Waals surface area contributed by atoms with Crippen molar-refractivity contribution in [3.05, 3.63) is 0 Å². The summed E-state index contributed by atoms with van der Waals surface area (Å²) >= 11 is 0. The van der Waals surface area contributed by atoms with Gasteiger partial charge in [-0.15, -0.1) is 0 Å². The first-order chi connectivity index (χ1) is 9.43. The highest BCUT2D eigenvalue weighted by atomic mass is 16.5. The van der Waals surface area contributed by atoms with Crippen LogP contribution < -0.4 is 5.32 Å². The Hall–Kier alpha value is -0.810. The first-order valence-electron chi connectivity index (χ1n) is 7.77. The maximum atomic E-state index is 12.3. The van der Waals surface area contributed by atoms with Crippen LogP contribution in [0.25, 0.3) is 0 Å². The smallest absolute Gasteiger partial charge is 0.318 e. The van der Waals surface area contributed by atoms with Gasteiger partial charge >= 0.3 is 6.03 Å². The van der Waals surface area contributed by atoms with Crippen molar-refractivity contribution < 1.29 is 14.6 Å². The normalized spacial score (nSPS) is 24.1. The molecule has 0 saturated carbocycles. The van der Waals surface area contributed by atoms with E-state index in [1.165, 1.54) is 0 Å². The van der Waals surface area contributed by atoms with Gasteiger partial charge in [0.15, 0.2) is 0 Å². The summed E-state index contributed by atoms with van der Waals surface area (Å²) in [4.78, 5) is 14.2. The number of carbonyl (C=O) groups excluding carboxylic acids is 1. The number of carbonyl (C=O) groups is 1. The molecule has 0 aromatic rings. The van der Waals surface area contributed by atoms with Gasteiger partial charge in [0.25, 0.3) is 0 Å². The second-order valence-corrected chi connectivity index (χ2v) is 6.11. The van der Waals surface area contributed by atoms with Crippen LogP contribution >= 0.6 is 0 Å². The molecule has 2 N–H and O–H groups in total. The van der Waals surface area contributed by atoms with E-state index in [0.29, 0.717) is 32.1 Å². The van der Waals surface area contributed by atoms with Crippen molar-refractivity contribution in [1.29, 1.82) is 0 Å². The fraction of sp³-hybridized carbons (Fsp3) is 0.933. The van der Waals surface area contributed by atoms with E-state index in [2.05, 4.69) is 19.2 Å². The molecule has 0 aliphatic carbocycles. The van der Waals surface area contributed by atoms with Crippen LogP contribution in [0.4, 0.5) is 4.79 Å². The van der Waals surface area contributed by atoms with Gasteiger partial charge in [0.1, 0.15) is 0 Å². The lowest BCUT2D eigenvalue weighted by Crippen LogP contribution is -2.54. The Morgan fingerprint density at radius 2 is 2.15 bits per heavy atom. The zero-order chi connectivity index (χ0) is 15.1. The second-order valence-electron chi connectivity index (χ2n) is 6.11. The van der Waals surface area contributed by atoms with Crippen molar-refractivity contribution in [2.75, 3.05) is 19.8 Å². The van der Waals surface area contributed by atoms with Crippen molar-refractivity contribution in [3.8, 4) is 0 Å². The van der Waals surface area contributed by atoms with Gasteiger partial charge < -0.3 is 20.1 Å². The molecule has 0 aromatic carbocycles. The van der Waals surface area contributed by atoms with Gasteiger partial charge in [-0.25, -0.2) is 4.79 Å². The lowest BCUT2D eigenvalue weighted by molar-refractivity contribution is -0.00483. The minimum Gasteiger partial charge on any atom is -0.393 e. The Labute approximate surface area is 122 Å². The van der Waals surface area contributed by atoms with Crippen LogP contribution in [0.2, 0.25) is 0 Å². The lowest BCUT2D eigenvalue weighted by Gasteiger charge is -2.37. The molecule has 1 saturated heterocycles. The molecule has 20 heavy (non-hydrogen) atoms. The largest absolute Gasteiger partial charge is 0.393 e. The third-order valence-corrected chi connectivity index (χ3v) is 3.92. The van der Waals surface area contributed by atoms with Crippen molar-refractivity contribution in [3.63, 3.8) is 0 Å². The van der Waals surface area contributed by atoms with E-state index >= 15 is 0 Å². The predicted molar refractivity (Wildman–Crippen MR) is 79.7 cm³/mol. The molecular formula is C15H30N2O3. The molecule has 118 valence electrons. The van der Waals surface area contributed by atoms with Crippen LogP contribution in [0.1, 0.15) is 47.0 Å². The average Bonchev–Trinajstić information content (AvgIpc) is 2.38. The summed E-state index contributed by atoms with van der Waals surface area (Å²) in [7, 11) is 0. The van der Waals surface area contributed by atoms with Crippen LogP contribution in [-0.2, 0) is 4.74 Å². The molecule has 4 atom stereocenters. The Morgan fingerprint density at radius 3 is 2.75 bits per heavy atom. The summed E-state index contributed by atoms with van der Waals surface area (Å²) in [5.74, 6) is 0.614. The highest BCUT2D eigenvalue weighted by Gasteiger charge is 2.28. The van der Waals surface area contributed by atoms with Gasteiger partial charge in [-0.1, -0.05) is 20.3 Å². The number of hydrogen-bond donors (Lipinski definition) is 2. The van der Waals surface area contributed by atoms with Gasteiger partial charge in [0.05, 0.1) is 25.4 Å². The molecule has 0 radical (unpaired) electrons. The van der Waals surface area contributed by atoms with E-state index in [1.807, 2.05) is 11.8 Å². The number of nitrogens with zero attached hydrogens (tertiary/aromatic N) is 1. The van der Waals surface area contributed by atoms with Crippen LogP contribution in [0, 0.1) is 5.92 Å². The molecule has 5 nitrogen and oxygen atoms in total. The molecular weight excluding hydrogens is 256 g/mol. The number of aliphatic hydroxyl groups excluding tert-OH is 1. The van der Waals surface area contributed by atoms with E-state index in [1.54, 1.807) is 6.92 Å². The monoisotopic (exact) mass is 286 g/mol. The van der Waals surface area contributed by atoms with Crippen LogP contribution in [0.15, 0.2) is 0 Å². The third kappa shape index (κ3) is 5.67. The van der Waals surface area contributed by atoms with E-state index < -0.39 is 6.10 Å². The number of ether oxygens (including phenoxy) is 1. The number of amides is 2. The molecule has 0 unspecified atom stereocenters. The number of nitrogens with one attached hydrogen (secondary N) is 1. The highest BCUT2D eigenvalue weighted by molar-refractivity contribution is 5.75. The maximum absolute atomic E-state index is 12.3. The summed E-state index contributed by atoms with van der Waals surface area (Å²) in [5.41, 5.74) is 0. The standard InChI is InChI=1S/C15H30N2O3/c1-5-11(2)8-12(3)16-15(19)17-6-7-20-10-14(17)9-13(4)18/h11-14,18H,5-10H2,1-4H3,(H,16,19)/t11-,12-,13-,14+/m0/s1. The molecule has 1 heterocycles. The lowest BCUT2D eigenvalue weighted by atomic mass is 10.0. The number of rotatable bonds is 6. The minimum absolute atomic E-state index is 0.0282. The summed E-state index contributed by atoms with van der Waals surface area (Å²) < 4.78 is 5.42. The van der Waals surface area contributed by atoms with Gasteiger partial charge in [0.2, 0.25) is 0 Å². The number of hydrogen-bond acceptors (Lipinski definition) is 3. The van der Waals surface area contributed by atoms with Gasteiger partial charge in [-0.05, 0) is 32.6 Å². The molecule has 5 heteroatoms. The van der Waals surface area contributed by atoms with Gasteiger partial charge in [-0.3, -0.25) is 0 Å². The van der Waals surface area contributed by atoms with Gasteiger partial charge in [0, 0.05) is 12.6 Å². The number of urea groups is 1. The van der Waals surface area contributed by atoms with E-state index in [4.69, 9.17) is 4.74 Å². The molecule has 1 rings (SSSR count). The topological polar surface area (TPSA) is 61.8 Å². The molecule has 2 amide bonds. The first-order valence-corrected chi connectivity index (χ1v) is 7.77. The number of aliphatic hydroxyl groups is 1. The molecule has 1 fully saturated rings. The summed E-state index contributed by atoms with van der Waals surface area (Å²) in [6.07, 6.45) is 2.26.